The van der Waals surface area contributed by atoms with E-state index in [9.17, 15) is 0 Å². The van der Waals surface area contributed by atoms with E-state index in [1.54, 1.807) is 0 Å². The van der Waals surface area contributed by atoms with Gasteiger partial charge in [0.05, 0.1) is 7.32 Å². The zero-order valence-electron chi connectivity index (χ0n) is 5.29. The van der Waals surface area contributed by atoms with Crippen LogP contribution in [0.2, 0.25) is 0 Å². The molecular weight excluding hydrogens is 144 g/mol. The van der Waals surface area contributed by atoms with E-state index in [4.69, 9.17) is 15.1 Å². The Balaban J connectivity index is -0.00000000750. The van der Waals surface area contributed by atoms with E-state index in [-0.39, 0.29) is 94.1 Å². The maximum Gasteiger partial charge on any atom is 1.00 e. The minimum atomic E-state index is -2.67. The average Bonchev–Trinajstić information content (AvgIpc) is 0.811. The molecule has 0 aliphatic rings. The fourth-order valence-electron chi connectivity index (χ4n) is 0. The summed E-state index contributed by atoms with van der Waals surface area (Å²) >= 11 is 0. The van der Waals surface area contributed by atoms with Crippen LogP contribution >= 0.6 is 0 Å². The summed E-state index contributed by atoms with van der Waals surface area (Å²) in [5.41, 5.74) is 0. The molecule has 0 rings (SSSR count). The average molecular weight is 146 g/mol. The minimum absolute atomic E-state index is 0. The first-order valence-corrected chi connectivity index (χ1v) is 0.730. The smallest absolute Gasteiger partial charge is 0.871 e. The van der Waals surface area contributed by atoms with Gasteiger partial charge in [-0.15, -0.1) is 0 Å². The molecule has 0 fully saturated rings. The second-order valence-corrected chi connectivity index (χ2v) is 0.307. The van der Waals surface area contributed by atoms with Crippen LogP contribution in [-0.4, -0.2) is 17.8 Å². The summed E-state index contributed by atoms with van der Waals surface area (Å²) in [6.07, 6.45) is 0. The maximum atomic E-state index is 8.53. The summed E-state index contributed by atoms with van der Waals surface area (Å²) in [6, 6.07) is 0. The van der Waals surface area contributed by atoms with Crippen molar-refractivity contribution in [2.45, 2.75) is 0 Å². The van der Waals surface area contributed by atoms with Gasteiger partial charge in [0.2, 0.25) is 0 Å². The van der Waals surface area contributed by atoms with Crippen molar-refractivity contribution >= 4 is 7.32 Å². The first-order valence-electron chi connectivity index (χ1n) is 0.730. The minimum Gasteiger partial charge on any atom is -0.871 e. The van der Waals surface area contributed by atoms with E-state index in [1.165, 1.54) is 0 Å². The fourth-order valence-corrected chi connectivity index (χ4v) is 0. The normalized spacial score (nSPS) is 3.38. The molecule has 0 aromatic heterocycles. The number of hydrogen-bond donors (Lipinski definition) is 1. The monoisotopic (exact) mass is 146 g/mol. The zero-order valence-corrected chi connectivity index (χ0v) is 11.3. The predicted octanol–water partition coefficient (Wildman–Crippen LogP) is -12.5. The van der Waals surface area contributed by atoms with Gasteiger partial charge in [0, 0.05) is 0 Å². The number of rotatable bonds is 0. The molecule has 0 aromatic carbocycles. The Labute approximate surface area is 114 Å². The van der Waals surface area contributed by atoms with Crippen molar-refractivity contribution in [3.8, 4) is 0 Å². The Hall–Kier alpha value is 2.90. The van der Waals surface area contributed by atoms with Crippen LogP contribution in [0.1, 0.15) is 0 Å². The van der Waals surface area contributed by atoms with Gasteiger partial charge in [-0.2, -0.15) is 0 Å². The SMILES string of the molecule is [Na+].[Na+].[Na+].[O-]B([O-])O.[OH-]. The van der Waals surface area contributed by atoms with Crippen molar-refractivity contribution < 1.29 is 109 Å². The molecule has 2 N–H and O–H groups in total. The summed E-state index contributed by atoms with van der Waals surface area (Å²) in [5, 5.41) is 24.0. The molecule has 0 aromatic rings. The predicted molar refractivity (Wildman–Crippen MR) is 9.91 cm³/mol. The Kier molecular flexibility index (Phi) is 86.4. The van der Waals surface area contributed by atoms with Gasteiger partial charge >= 0.3 is 88.7 Å². The van der Waals surface area contributed by atoms with Gasteiger partial charge in [-0.3, -0.25) is 0 Å². The van der Waals surface area contributed by atoms with E-state index in [0.717, 1.165) is 0 Å². The van der Waals surface area contributed by atoms with E-state index < -0.39 is 7.32 Å². The summed E-state index contributed by atoms with van der Waals surface area (Å²) < 4.78 is 0. The second-order valence-electron chi connectivity index (χ2n) is 0.307. The van der Waals surface area contributed by atoms with Crippen LogP contribution in [0.3, 0.4) is 0 Å². The van der Waals surface area contributed by atoms with Crippen molar-refractivity contribution in [3.63, 3.8) is 0 Å². The van der Waals surface area contributed by atoms with Crippen molar-refractivity contribution in [1.29, 1.82) is 0 Å². The molecule has 32 valence electrons. The maximum absolute atomic E-state index is 8.53. The van der Waals surface area contributed by atoms with Gasteiger partial charge in [0.1, 0.15) is 0 Å². The van der Waals surface area contributed by atoms with Crippen molar-refractivity contribution in [2.75, 3.05) is 0 Å². The van der Waals surface area contributed by atoms with Gasteiger partial charge < -0.3 is 20.5 Å². The first kappa shape index (κ1) is 30.7. The van der Waals surface area contributed by atoms with Gasteiger partial charge in [0.25, 0.3) is 0 Å². The standard InChI is InChI=1S/BHO3.3Na.H2O/c2-1(3)4;;;;/h2H;;;;1H2/q-2;3*+1;/p-1. The molecule has 0 atom stereocenters. The molecule has 0 bridgehead atoms. The summed E-state index contributed by atoms with van der Waals surface area (Å²) in [5.74, 6) is 0. The molecule has 0 aliphatic carbocycles. The van der Waals surface area contributed by atoms with Crippen LogP contribution in [-0.2, 0) is 0 Å². The van der Waals surface area contributed by atoms with E-state index in [2.05, 4.69) is 0 Å². The van der Waals surface area contributed by atoms with Gasteiger partial charge in [0.15, 0.2) is 0 Å². The second kappa shape index (κ2) is 22.5. The van der Waals surface area contributed by atoms with Gasteiger partial charge in [-0.25, -0.2) is 0 Å². The third-order valence-corrected chi connectivity index (χ3v) is 0. The molecule has 0 amide bonds. The van der Waals surface area contributed by atoms with Crippen LogP contribution in [0, 0.1) is 0 Å². The van der Waals surface area contributed by atoms with Crippen LogP contribution in [0.4, 0.5) is 0 Å². The molecule has 0 radical (unpaired) electrons. The largest absolute Gasteiger partial charge is 1.00 e. The Bertz CT molecular complexity index is 16.0. The van der Waals surface area contributed by atoms with Gasteiger partial charge in [-0.1, -0.05) is 0 Å². The molecule has 4 nitrogen and oxygen atoms in total. The van der Waals surface area contributed by atoms with E-state index >= 15 is 0 Å². The number of hydrogen-bond acceptors (Lipinski definition) is 4. The third kappa shape index (κ3) is 65.9. The molecule has 0 heterocycles. The Morgan fingerprint density at radius 3 is 1.00 bits per heavy atom. The third-order valence-electron chi connectivity index (χ3n) is 0. The summed E-state index contributed by atoms with van der Waals surface area (Å²) in [6.45, 7) is 0. The van der Waals surface area contributed by atoms with Crippen LogP contribution in [0.5, 0.6) is 0 Å². The topological polar surface area (TPSA) is 96.3 Å². The first-order chi connectivity index (χ1) is 1.73. The molecule has 0 saturated carbocycles. The molecule has 0 aliphatic heterocycles. The van der Waals surface area contributed by atoms with Gasteiger partial charge in [-0.05, 0) is 0 Å². The van der Waals surface area contributed by atoms with Crippen LogP contribution < -0.4 is 98.7 Å². The Morgan fingerprint density at radius 2 is 1.00 bits per heavy atom. The van der Waals surface area contributed by atoms with E-state index in [1.807, 2.05) is 0 Å². The molecule has 0 spiro atoms. The molecule has 8 heteroatoms. The van der Waals surface area contributed by atoms with E-state index in [0.29, 0.717) is 0 Å². The summed E-state index contributed by atoms with van der Waals surface area (Å²) in [4.78, 5) is 0. The van der Waals surface area contributed by atoms with Crippen LogP contribution in [0.15, 0.2) is 0 Å². The van der Waals surface area contributed by atoms with Crippen molar-refractivity contribution in [1.82, 2.24) is 0 Å². The molecule has 8 heavy (non-hydrogen) atoms. The molecule has 0 saturated heterocycles. The molecular formula is H2BNa3O4. The zero-order chi connectivity index (χ0) is 3.58. The quantitative estimate of drug-likeness (QED) is 0.343. The van der Waals surface area contributed by atoms with Crippen molar-refractivity contribution in [2.24, 2.45) is 0 Å². The Morgan fingerprint density at radius 1 is 1.00 bits per heavy atom. The summed E-state index contributed by atoms with van der Waals surface area (Å²) in [7, 11) is -2.67. The van der Waals surface area contributed by atoms with Crippen LogP contribution in [0.25, 0.3) is 0 Å². The van der Waals surface area contributed by atoms with Crippen molar-refractivity contribution in [3.05, 3.63) is 0 Å². The fraction of sp³-hybridized carbons (Fsp3) is 0. The molecule has 0 unspecified atom stereocenters.